The summed E-state index contributed by atoms with van der Waals surface area (Å²) in [6.07, 6.45) is 4.08. The first kappa shape index (κ1) is 15.4. The van der Waals surface area contributed by atoms with Gasteiger partial charge in [0.2, 0.25) is 5.95 Å². The normalized spacial score (nSPS) is 14.7. The molecule has 118 valence electrons. The number of nitrogens with one attached hydrogen (secondary N) is 1. The summed E-state index contributed by atoms with van der Waals surface area (Å²) in [5, 5.41) is 0.723. The van der Waals surface area contributed by atoms with E-state index in [1.54, 1.807) is 13.8 Å². The number of hydrogen-bond donors (Lipinski definition) is 1. The van der Waals surface area contributed by atoms with Crippen LogP contribution in [0, 0.1) is 20.8 Å². The van der Waals surface area contributed by atoms with Crippen LogP contribution in [-0.4, -0.2) is 23.4 Å². The molecule has 2 aromatic rings. The van der Waals surface area contributed by atoms with Gasteiger partial charge in [0, 0.05) is 11.4 Å². The summed E-state index contributed by atoms with van der Waals surface area (Å²) in [6, 6.07) is 0. The third-order valence-corrected chi connectivity index (χ3v) is 6.73. The number of nitrogens with zero attached hydrogens (tertiary/aromatic N) is 3. The number of sulfonamides is 1. The van der Waals surface area contributed by atoms with Gasteiger partial charge in [0.05, 0.1) is 10.7 Å². The number of aryl methyl sites for hydroxylation is 4. The Morgan fingerprint density at radius 1 is 1.00 bits per heavy atom. The van der Waals surface area contributed by atoms with Crippen LogP contribution in [0.15, 0.2) is 4.21 Å². The van der Waals surface area contributed by atoms with Crippen molar-refractivity contribution in [2.75, 3.05) is 4.72 Å². The quantitative estimate of drug-likeness (QED) is 0.929. The molecule has 0 fully saturated rings. The van der Waals surface area contributed by atoms with Crippen molar-refractivity contribution in [3.05, 3.63) is 27.7 Å². The van der Waals surface area contributed by atoms with Gasteiger partial charge >= 0.3 is 0 Å². The fourth-order valence-electron chi connectivity index (χ4n) is 2.76. The Morgan fingerprint density at radius 2 is 1.73 bits per heavy atom. The average Bonchev–Trinajstić information content (AvgIpc) is 2.78. The first-order valence-electron chi connectivity index (χ1n) is 7.20. The lowest BCUT2D eigenvalue weighted by Gasteiger charge is -2.17. The van der Waals surface area contributed by atoms with Gasteiger partial charge in [-0.3, -0.25) is 0 Å². The predicted molar refractivity (Wildman–Crippen MR) is 85.8 cm³/mol. The van der Waals surface area contributed by atoms with E-state index in [4.69, 9.17) is 0 Å². The molecule has 0 aromatic carbocycles. The Bertz CT molecular complexity index is 828. The van der Waals surface area contributed by atoms with Gasteiger partial charge in [0.15, 0.2) is 4.21 Å². The summed E-state index contributed by atoms with van der Waals surface area (Å²) >= 11 is 1.16. The summed E-state index contributed by atoms with van der Waals surface area (Å²) in [6.45, 7) is 5.39. The van der Waals surface area contributed by atoms with E-state index in [0.717, 1.165) is 53.4 Å². The first-order chi connectivity index (χ1) is 10.4. The Morgan fingerprint density at radius 3 is 2.41 bits per heavy atom. The number of aromatic nitrogens is 3. The number of rotatable bonds is 3. The van der Waals surface area contributed by atoms with Crippen LogP contribution in [0.4, 0.5) is 5.95 Å². The Labute approximate surface area is 134 Å². The minimum absolute atomic E-state index is 0.156. The minimum atomic E-state index is -3.69. The highest BCUT2D eigenvalue weighted by atomic mass is 32.2. The van der Waals surface area contributed by atoms with Crippen LogP contribution in [0.3, 0.4) is 0 Å². The van der Waals surface area contributed by atoms with E-state index in [-0.39, 0.29) is 10.2 Å². The predicted octanol–water partition coefficient (Wildman–Crippen LogP) is 2.54. The molecule has 22 heavy (non-hydrogen) atoms. The molecule has 6 nitrogen and oxygen atoms in total. The van der Waals surface area contributed by atoms with E-state index in [1.165, 1.54) is 5.56 Å². The number of fused-ring (bicyclic) bond motifs is 1. The number of hydrogen-bond acceptors (Lipinski definition) is 6. The lowest BCUT2D eigenvalue weighted by molar-refractivity contribution is 0.601. The van der Waals surface area contributed by atoms with Crippen molar-refractivity contribution in [2.24, 2.45) is 0 Å². The van der Waals surface area contributed by atoms with Crippen molar-refractivity contribution in [2.45, 2.75) is 50.7 Å². The van der Waals surface area contributed by atoms with Crippen LogP contribution in [-0.2, 0) is 22.9 Å². The molecular weight excluding hydrogens is 320 g/mol. The van der Waals surface area contributed by atoms with Crippen molar-refractivity contribution in [1.29, 1.82) is 0 Å². The summed E-state index contributed by atoms with van der Waals surface area (Å²) in [4.78, 5) is 12.9. The maximum atomic E-state index is 12.5. The van der Waals surface area contributed by atoms with E-state index in [9.17, 15) is 8.42 Å². The van der Waals surface area contributed by atoms with Crippen molar-refractivity contribution < 1.29 is 8.42 Å². The first-order valence-corrected chi connectivity index (χ1v) is 9.50. The molecule has 3 rings (SSSR count). The third-order valence-electron chi connectivity index (χ3n) is 3.72. The van der Waals surface area contributed by atoms with Crippen LogP contribution >= 0.6 is 11.3 Å². The molecule has 0 aliphatic heterocycles. The molecule has 0 saturated carbocycles. The Kier molecular flexibility index (Phi) is 3.90. The van der Waals surface area contributed by atoms with Gasteiger partial charge in [-0.15, -0.1) is 11.3 Å². The fraction of sp³-hybridized carbons (Fsp3) is 0.500. The second-order valence-corrected chi connectivity index (χ2v) is 8.56. The SMILES string of the molecule is Cc1nc(C)c(S(=O)(=O)Nc2nc(C)c3c(n2)CCCC3)s1. The molecule has 0 saturated heterocycles. The van der Waals surface area contributed by atoms with E-state index in [2.05, 4.69) is 19.7 Å². The van der Waals surface area contributed by atoms with Crippen molar-refractivity contribution >= 4 is 27.3 Å². The highest BCUT2D eigenvalue weighted by Crippen LogP contribution is 2.26. The second-order valence-electron chi connectivity index (χ2n) is 5.48. The van der Waals surface area contributed by atoms with Gasteiger partial charge < -0.3 is 0 Å². The lowest BCUT2D eigenvalue weighted by Crippen LogP contribution is -2.18. The van der Waals surface area contributed by atoms with Gasteiger partial charge in [0.25, 0.3) is 10.0 Å². The van der Waals surface area contributed by atoms with E-state index >= 15 is 0 Å². The highest BCUT2D eigenvalue weighted by Gasteiger charge is 2.23. The molecule has 0 radical (unpaired) electrons. The molecule has 1 aliphatic rings. The smallest absolute Gasteiger partial charge is 0.246 e. The zero-order valence-electron chi connectivity index (χ0n) is 12.8. The minimum Gasteiger partial charge on any atom is -0.246 e. The molecule has 0 atom stereocenters. The number of thiazole rings is 1. The lowest BCUT2D eigenvalue weighted by atomic mass is 9.95. The standard InChI is InChI=1S/C14H18N4O2S2/c1-8-11-6-4-5-7-12(11)17-14(16-8)18-22(19,20)13-9(2)15-10(3)21-13/h4-7H2,1-3H3,(H,16,17,18). The van der Waals surface area contributed by atoms with Gasteiger partial charge in [-0.1, -0.05) is 0 Å². The molecular formula is C14H18N4O2S2. The molecule has 1 aliphatic carbocycles. The van der Waals surface area contributed by atoms with Crippen molar-refractivity contribution in [1.82, 2.24) is 15.0 Å². The van der Waals surface area contributed by atoms with Crippen LogP contribution in [0.2, 0.25) is 0 Å². The third kappa shape index (κ3) is 2.85. The Balaban J connectivity index is 1.96. The zero-order chi connectivity index (χ0) is 15.9. The molecule has 0 bridgehead atoms. The van der Waals surface area contributed by atoms with Crippen LogP contribution in [0.1, 0.15) is 40.5 Å². The van der Waals surface area contributed by atoms with Gasteiger partial charge in [-0.25, -0.2) is 28.1 Å². The maximum Gasteiger partial charge on any atom is 0.275 e. The van der Waals surface area contributed by atoms with Crippen molar-refractivity contribution in [3.8, 4) is 0 Å². The molecule has 8 heteroatoms. The maximum absolute atomic E-state index is 12.5. The molecule has 0 amide bonds. The second kappa shape index (κ2) is 5.58. The largest absolute Gasteiger partial charge is 0.275 e. The van der Waals surface area contributed by atoms with Crippen molar-refractivity contribution in [3.63, 3.8) is 0 Å². The summed E-state index contributed by atoms with van der Waals surface area (Å²) in [5.74, 6) is 0.156. The highest BCUT2D eigenvalue weighted by molar-refractivity contribution is 7.94. The summed E-state index contributed by atoms with van der Waals surface area (Å²) in [5.41, 5.74) is 3.50. The molecule has 2 heterocycles. The van der Waals surface area contributed by atoms with Crippen LogP contribution in [0.5, 0.6) is 0 Å². The van der Waals surface area contributed by atoms with Crippen LogP contribution < -0.4 is 4.72 Å². The van der Waals surface area contributed by atoms with Gasteiger partial charge in [-0.2, -0.15) is 0 Å². The van der Waals surface area contributed by atoms with Crippen LogP contribution in [0.25, 0.3) is 0 Å². The molecule has 0 spiro atoms. The summed E-state index contributed by atoms with van der Waals surface area (Å²) < 4.78 is 27.7. The fourth-order valence-corrected chi connectivity index (χ4v) is 5.18. The molecule has 2 aromatic heterocycles. The van der Waals surface area contributed by atoms with E-state index in [1.807, 2.05) is 6.92 Å². The van der Waals surface area contributed by atoms with Gasteiger partial charge in [-0.05, 0) is 52.0 Å². The Hall–Kier alpha value is -1.54. The summed E-state index contributed by atoms with van der Waals surface area (Å²) in [7, 11) is -3.69. The monoisotopic (exact) mass is 338 g/mol. The number of anilines is 1. The average molecular weight is 338 g/mol. The van der Waals surface area contributed by atoms with E-state index in [0.29, 0.717) is 5.69 Å². The van der Waals surface area contributed by atoms with Gasteiger partial charge in [0.1, 0.15) is 0 Å². The topological polar surface area (TPSA) is 84.8 Å². The molecule has 0 unspecified atom stereocenters. The zero-order valence-corrected chi connectivity index (χ0v) is 14.4. The molecule has 1 N–H and O–H groups in total. The van der Waals surface area contributed by atoms with E-state index < -0.39 is 10.0 Å².